The minimum absolute atomic E-state index is 0. The zero-order chi connectivity index (χ0) is 26.1. The van der Waals surface area contributed by atoms with E-state index in [0.717, 1.165) is 43.5 Å². The molecule has 2 aliphatic heterocycles. The number of carbonyl (C=O) groups excluding carboxylic acids is 4. The molecule has 2 heterocycles. The highest BCUT2D eigenvalue weighted by molar-refractivity contribution is 5.94. The highest BCUT2D eigenvalue weighted by Gasteiger charge is 2.22. The van der Waals surface area contributed by atoms with Crippen LogP contribution in [0.1, 0.15) is 50.0 Å². The van der Waals surface area contributed by atoms with Crippen molar-refractivity contribution in [2.75, 3.05) is 34.2 Å². The smallest absolute Gasteiger partial charge is 0.251 e. The van der Waals surface area contributed by atoms with Crippen molar-refractivity contribution < 1.29 is 26.8 Å². The lowest BCUT2D eigenvalue weighted by atomic mass is 10.1. The van der Waals surface area contributed by atoms with Gasteiger partial charge in [0.15, 0.2) is 0 Å². The Morgan fingerprint density at radius 3 is 2.17 bits per heavy atom. The fourth-order valence-electron chi connectivity index (χ4n) is 4.00. The van der Waals surface area contributed by atoms with E-state index in [-0.39, 0.29) is 20.6 Å². The maximum absolute atomic E-state index is 12.0. The summed E-state index contributed by atoms with van der Waals surface area (Å²) in [7, 11) is 5.02. The Hall–Kier alpha value is -3.88. The first-order valence-corrected chi connectivity index (χ1v) is 12.1. The third-order valence-corrected chi connectivity index (χ3v) is 6.19. The Kier molecular flexibility index (Phi) is 9.44. The minimum atomic E-state index is -0.209. The summed E-state index contributed by atoms with van der Waals surface area (Å²) >= 11 is 0. The fourth-order valence-corrected chi connectivity index (χ4v) is 4.00. The first-order valence-electron chi connectivity index (χ1n) is 12.1. The van der Waals surface area contributed by atoms with E-state index in [1.807, 2.05) is 25.2 Å². The normalized spacial score (nSPS) is 14.9. The molecule has 0 radical (unpaired) electrons. The maximum Gasteiger partial charge on any atom is 0.251 e. The minimum Gasteiger partial charge on any atom is -0.457 e. The molecule has 9 nitrogen and oxygen atoms in total. The van der Waals surface area contributed by atoms with Gasteiger partial charge in [-0.3, -0.25) is 19.2 Å². The number of amides is 4. The Bertz CT molecular complexity index is 1110. The summed E-state index contributed by atoms with van der Waals surface area (Å²) in [6.07, 6.45) is 3.54. The van der Waals surface area contributed by atoms with Gasteiger partial charge in [0.05, 0.1) is 6.42 Å². The van der Waals surface area contributed by atoms with E-state index in [1.54, 1.807) is 48.2 Å². The lowest BCUT2D eigenvalue weighted by Gasteiger charge is -2.19. The van der Waals surface area contributed by atoms with Crippen molar-refractivity contribution in [3.05, 3.63) is 59.2 Å². The predicted molar refractivity (Wildman–Crippen MR) is 140 cm³/mol. The van der Waals surface area contributed by atoms with Gasteiger partial charge in [-0.1, -0.05) is 18.2 Å². The van der Waals surface area contributed by atoms with Crippen LogP contribution in [0.3, 0.4) is 0 Å². The first kappa shape index (κ1) is 26.7. The van der Waals surface area contributed by atoms with E-state index in [1.165, 1.54) is 0 Å². The van der Waals surface area contributed by atoms with Crippen molar-refractivity contribution in [1.82, 2.24) is 20.4 Å². The van der Waals surface area contributed by atoms with E-state index in [2.05, 4.69) is 10.6 Å². The Morgan fingerprint density at radius 1 is 0.944 bits per heavy atom. The molecule has 196 valence electrons. The molecule has 2 fully saturated rings. The Morgan fingerprint density at radius 2 is 1.64 bits per heavy atom. The number of benzene rings is 2. The lowest BCUT2D eigenvalue weighted by Crippen LogP contribution is -2.24. The van der Waals surface area contributed by atoms with Crippen LogP contribution in [0.5, 0.6) is 11.5 Å². The van der Waals surface area contributed by atoms with Crippen molar-refractivity contribution in [3.63, 3.8) is 0 Å². The van der Waals surface area contributed by atoms with Gasteiger partial charge in [-0.2, -0.15) is 0 Å². The molecule has 2 N–H and O–H groups in total. The summed E-state index contributed by atoms with van der Waals surface area (Å²) in [5.74, 6) is 1.28. The average Bonchev–Trinajstić information content (AvgIpc) is 3.47. The van der Waals surface area contributed by atoms with E-state index in [4.69, 9.17) is 4.74 Å². The van der Waals surface area contributed by atoms with Gasteiger partial charge in [0.25, 0.3) is 5.91 Å². The van der Waals surface area contributed by atoms with Crippen molar-refractivity contribution >= 4 is 23.6 Å². The third-order valence-electron chi connectivity index (χ3n) is 6.19. The molecule has 0 spiro atoms. The summed E-state index contributed by atoms with van der Waals surface area (Å²) < 4.78 is 6.06. The molecule has 36 heavy (non-hydrogen) atoms. The quantitative estimate of drug-likeness (QED) is 0.610. The van der Waals surface area contributed by atoms with Crippen LogP contribution in [0.2, 0.25) is 0 Å². The molecule has 0 aliphatic carbocycles. The average molecular weight is 499 g/mol. The number of rotatable bonds is 7. The van der Waals surface area contributed by atoms with Crippen LogP contribution in [-0.2, 0) is 27.3 Å². The highest BCUT2D eigenvalue weighted by atomic mass is 16.5. The lowest BCUT2D eigenvalue weighted by molar-refractivity contribution is -0.128. The molecule has 0 aromatic heterocycles. The van der Waals surface area contributed by atoms with Crippen LogP contribution < -0.4 is 15.4 Å². The second-order valence-corrected chi connectivity index (χ2v) is 8.84. The zero-order valence-electron chi connectivity index (χ0n) is 21.1. The number of carbonyl (C=O) groups is 4. The summed E-state index contributed by atoms with van der Waals surface area (Å²) in [5, 5.41) is 5.20. The fraction of sp³-hybridized carbons (Fsp3) is 0.407. The molecule has 2 aliphatic rings. The number of hydrogen-bond acceptors (Lipinski definition) is 5. The third kappa shape index (κ3) is 7.31. The molecule has 2 aromatic rings. The number of nitrogens with one attached hydrogen (secondary N) is 2. The summed E-state index contributed by atoms with van der Waals surface area (Å²) in [4.78, 5) is 49.6. The molecule has 0 unspecified atom stereocenters. The molecule has 0 bridgehead atoms. The van der Waals surface area contributed by atoms with Crippen molar-refractivity contribution in [3.8, 4) is 11.5 Å². The molecule has 2 aromatic carbocycles. The number of likely N-dealkylation sites (tertiary alicyclic amines) is 2. The van der Waals surface area contributed by atoms with Crippen LogP contribution >= 0.6 is 0 Å². The van der Waals surface area contributed by atoms with Gasteiger partial charge in [-0.15, -0.1) is 0 Å². The van der Waals surface area contributed by atoms with Gasteiger partial charge < -0.3 is 25.2 Å². The molecular formula is C27H38N4O5. The SMILES string of the molecule is CN1CCCC1=O.CNC(=O)Cc1ccc(Oc2cc(C(=O)NC)ccc2CN2CCCC2=O)cc1.[HH].[HH]. The summed E-state index contributed by atoms with van der Waals surface area (Å²) in [5.41, 5.74) is 2.19. The summed E-state index contributed by atoms with van der Waals surface area (Å²) in [6.45, 7) is 2.12. The van der Waals surface area contributed by atoms with Crippen molar-refractivity contribution in [2.45, 2.75) is 38.6 Å². The number of likely N-dealkylation sites (N-methyl/N-ethyl adjacent to an activating group) is 1. The maximum atomic E-state index is 12.0. The zero-order valence-corrected chi connectivity index (χ0v) is 21.1. The molecule has 2 saturated heterocycles. The number of hydrogen-bond donors (Lipinski definition) is 2. The molecular weight excluding hydrogens is 460 g/mol. The van der Waals surface area contributed by atoms with Crippen molar-refractivity contribution in [1.29, 1.82) is 0 Å². The van der Waals surface area contributed by atoms with Crippen molar-refractivity contribution in [2.24, 2.45) is 0 Å². The standard InChI is InChI=1S/C22H25N3O4.C5H9NO.2H2/c1-23-20(26)12-15-5-9-18(10-6-15)29-19-13-16(22(28)24-2)7-8-17(19)14-25-11-3-4-21(25)27;1-6-4-2-3-5(6)7;;/h5-10,13H,3-4,11-12,14H2,1-2H3,(H,23,26)(H,24,28);2-4H2,1H3;2*1H. The van der Waals surface area contributed by atoms with E-state index < -0.39 is 0 Å². The van der Waals surface area contributed by atoms with Crippen LogP contribution in [0, 0.1) is 0 Å². The first-order chi connectivity index (χ1) is 17.3. The van der Waals surface area contributed by atoms with Gasteiger partial charge in [0, 0.05) is 67.6 Å². The van der Waals surface area contributed by atoms with Gasteiger partial charge in [0.1, 0.15) is 11.5 Å². The predicted octanol–water partition coefficient (Wildman–Crippen LogP) is 2.98. The van der Waals surface area contributed by atoms with E-state index >= 15 is 0 Å². The van der Waals surface area contributed by atoms with Gasteiger partial charge >= 0.3 is 0 Å². The Balaban J connectivity index is 0.000000697. The van der Waals surface area contributed by atoms with Crippen LogP contribution in [0.15, 0.2) is 42.5 Å². The highest BCUT2D eigenvalue weighted by Crippen LogP contribution is 2.29. The van der Waals surface area contributed by atoms with E-state index in [0.29, 0.717) is 42.4 Å². The number of ether oxygens (including phenoxy) is 1. The Labute approximate surface area is 214 Å². The molecule has 4 amide bonds. The second-order valence-electron chi connectivity index (χ2n) is 8.84. The second kappa shape index (κ2) is 12.7. The van der Waals surface area contributed by atoms with Gasteiger partial charge in [0.2, 0.25) is 17.7 Å². The van der Waals surface area contributed by atoms with E-state index in [9.17, 15) is 19.2 Å². The van der Waals surface area contributed by atoms with Gasteiger partial charge in [-0.25, -0.2) is 0 Å². The molecule has 4 rings (SSSR count). The molecule has 9 heteroatoms. The molecule has 0 saturated carbocycles. The largest absolute Gasteiger partial charge is 0.457 e. The number of nitrogens with zero attached hydrogens (tertiary/aromatic N) is 2. The monoisotopic (exact) mass is 498 g/mol. The van der Waals surface area contributed by atoms with Gasteiger partial charge in [-0.05, 0) is 42.7 Å². The van der Waals surface area contributed by atoms with Crippen LogP contribution in [0.25, 0.3) is 0 Å². The topological polar surface area (TPSA) is 108 Å². The van der Waals surface area contributed by atoms with Crippen LogP contribution in [0.4, 0.5) is 0 Å². The molecule has 0 atom stereocenters. The van der Waals surface area contributed by atoms with Crippen LogP contribution in [-0.4, -0.2) is 67.7 Å². The summed E-state index contributed by atoms with van der Waals surface area (Å²) in [6, 6.07) is 12.5.